The van der Waals surface area contributed by atoms with Crippen LogP contribution in [0.5, 0.6) is 0 Å². The third kappa shape index (κ3) is 7.00. The number of likely N-dealkylation sites (N-methyl/N-ethyl adjacent to an activating group) is 1. The molecule has 0 saturated carbocycles. The number of benzene rings is 1. The smallest absolute Gasteiger partial charge is 0.354 e. The van der Waals surface area contributed by atoms with Crippen molar-refractivity contribution in [2.45, 2.75) is 30.5 Å². The third-order valence-corrected chi connectivity index (χ3v) is 4.80. The van der Waals surface area contributed by atoms with Crippen molar-refractivity contribution in [3.63, 3.8) is 0 Å². The van der Waals surface area contributed by atoms with E-state index in [1.54, 1.807) is 7.05 Å². The second-order valence-electron chi connectivity index (χ2n) is 5.19. The Bertz CT molecular complexity index is 628. The highest BCUT2D eigenvalue weighted by Crippen LogP contribution is 2.22. The summed E-state index contributed by atoms with van der Waals surface area (Å²) in [4.78, 5) is 11.3. The molecule has 0 fully saturated rings. The molecule has 0 aliphatic carbocycles. The molecule has 0 aliphatic rings. The monoisotopic (exact) mass is 352 g/mol. The predicted octanol–water partition coefficient (Wildman–Crippen LogP) is 1.29. The Balaban J connectivity index is 2.68. The Labute approximate surface area is 133 Å². The van der Waals surface area contributed by atoms with E-state index in [9.17, 15) is 26.4 Å². The first-order valence-corrected chi connectivity index (χ1v) is 8.51. The number of alkyl halides is 3. The minimum absolute atomic E-state index is 0.0238. The number of carbonyl (C=O) groups is 1. The van der Waals surface area contributed by atoms with Crippen molar-refractivity contribution in [1.29, 1.82) is 0 Å². The van der Waals surface area contributed by atoms with E-state index in [2.05, 4.69) is 10.6 Å². The van der Waals surface area contributed by atoms with E-state index >= 15 is 0 Å². The van der Waals surface area contributed by atoms with Gasteiger partial charge in [0, 0.05) is 12.6 Å². The van der Waals surface area contributed by atoms with Crippen LogP contribution in [0.3, 0.4) is 0 Å². The molecule has 23 heavy (non-hydrogen) atoms. The molecule has 9 heteroatoms. The number of hydrogen-bond donors (Lipinski definition) is 2. The van der Waals surface area contributed by atoms with Crippen LogP contribution in [0.15, 0.2) is 29.2 Å². The van der Waals surface area contributed by atoms with Crippen molar-refractivity contribution in [2.75, 3.05) is 19.3 Å². The van der Waals surface area contributed by atoms with Crippen LogP contribution in [0.2, 0.25) is 0 Å². The average Bonchev–Trinajstić information content (AvgIpc) is 2.42. The van der Waals surface area contributed by atoms with Crippen LogP contribution in [-0.2, 0) is 21.1 Å². The number of halogens is 3. The first-order chi connectivity index (χ1) is 10.5. The highest BCUT2D eigenvalue weighted by Gasteiger charge is 2.35. The maximum Gasteiger partial charge on any atom is 0.403 e. The second-order valence-corrected chi connectivity index (χ2v) is 7.18. The number of carbonyl (C=O) groups excluding carboxylic acids is 1. The maximum absolute atomic E-state index is 12.2. The Kier molecular flexibility index (Phi) is 6.57. The molecule has 0 aliphatic heterocycles. The lowest BCUT2D eigenvalue weighted by Gasteiger charge is -2.11. The third-order valence-electron chi connectivity index (χ3n) is 3.10. The minimum atomic E-state index is -4.79. The molecule has 1 unspecified atom stereocenters. The number of sulfone groups is 1. The molecule has 1 atom stereocenters. The van der Waals surface area contributed by atoms with Crippen LogP contribution in [0.25, 0.3) is 0 Å². The number of amides is 1. The summed E-state index contributed by atoms with van der Waals surface area (Å²) in [7, 11) is -2.66. The SMILES string of the molecule is CNC(C)CNC(=O)Cc1ccc(S(=O)(=O)CC(F)(F)F)cc1. The second kappa shape index (κ2) is 7.78. The van der Waals surface area contributed by atoms with Gasteiger partial charge < -0.3 is 10.6 Å². The fraction of sp³-hybridized carbons (Fsp3) is 0.500. The highest BCUT2D eigenvalue weighted by atomic mass is 32.2. The lowest BCUT2D eigenvalue weighted by molar-refractivity contribution is -0.120. The Morgan fingerprint density at radius 3 is 2.26 bits per heavy atom. The molecule has 5 nitrogen and oxygen atoms in total. The fourth-order valence-electron chi connectivity index (χ4n) is 1.73. The molecule has 1 amide bonds. The Morgan fingerprint density at radius 1 is 1.22 bits per heavy atom. The average molecular weight is 352 g/mol. The van der Waals surface area contributed by atoms with E-state index in [-0.39, 0.29) is 18.4 Å². The zero-order chi connectivity index (χ0) is 17.7. The Morgan fingerprint density at radius 2 is 1.78 bits per heavy atom. The van der Waals surface area contributed by atoms with E-state index < -0.39 is 26.7 Å². The van der Waals surface area contributed by atoms with E-state index in [0.717, 1.165) is 12.1 Å². The molecule has 2 N–H and O–H groups in total. The molecule has 1 aromatic rings. The Hall–Kier alpha value is -1.61. The normalized spacial score (nSPS) is 13.6. The number of nitrogens with one attached hydrogen (secondary N) is 2. The van der Waals surface area contributed by atoms with E-state index in [1.165, 1.54) is 12.1 Å². The van der Waals surface area contributed by atoms with Crippen molar-refractivity contribution < 1.29 is 26.4 Å². The van der Waals surface area contributed by atoms with Crippen LogP contribution >= 0.6 is 0 Å². The molecule has 0 heterocycles. The van der Waals surface area contributed by atoms with Gasteiger partial charge in [-0.2, -0.15) is 13.2 Å². The van der Waals surface area contributed by atoms with Crippen molar-refractivity contribution in [3.05, 3.63) is 29.8 Å². The van der Waals surface area contributed by atoms with Crippen molar-refractivity contribution in [1.82, 2.24) is 10.6 Å². The number of rotatable bonds is 7. The molecule has 0 spiro atoms. The molecule has 0 bridgehead atoms. The van der Waals surface area contributed by atoms with Crippen LogP contribution in [0, 0.1) is 0 Å². The largest absolute Gasteiger partial charge is 0.403 e. The zero-order valence-electron chi connectivity index (χ0n) is 12.8. The van der Waals surface area contributed by atoms with Crippen LogP contribution in [0.1, 0.15) is 12.5 Å². The van der Waals surface area contributed by atoms with Crippen molar-refractivity contribution in [2.24, 2.45) is 0 Å². The molecular formula is C14H19F3N2O3S. The molecule has 130 valence electrons. The molecule has 0 aromatic heterocycles. The molecule has 0 radical (unpaired) electrons. The van der Waals surface area contributed by atoms with Gasteiger partial charge in [-0.1, -0.05) is 12.1 Å². The first-order valence-electron chi connectivity index (χ1n) is 6.86. The predicted molar refractivity (Wildman–Crippen MR) is 79.8 cm³/mol. The molecule has 0 saturated heterocycles. The van der Waals surface area contributed by atoms with E-state index in [0.29, 0.717) is 12.1 Å². The van der Waals surface area contributed by atoms with Gasteiger partial charge in [0.1, 0.15) is 0 Å². The maximum atomic E-state index is 12.2. The van der Waals surface area contributed by atoms with Gasteiger partial charge >= 0.3 is 6.18 Å². The zero-order valence-corrected chi connectivity index (χ0v) is 13.6. The summed E-state index contributed by atoms with van der Waals surface area (Å²) in [5.41, 5.74) is 0.519. The summed E-state index contributed by atoms with van der Waals surface area (Å²) in [5, 5.41) is 5.64. The van der Waals surface area contributed by atoms with E-state index in [1.807, 2.05) is 6.92 Å². The van der Waals surface area contributed by atoms with Crippen molar-refractivity contribution in [3.8, 4) is 0 Å². The van der Waals surface area contributed by atoms with Gasteiger partial charge in [0.05, 0.1) is 11.3 Å². The van der Waals surface area contributed by atoms with Gasteiger partial charge in [-0.25, -0.2) is 8.42 Å². The van der Waals surface area contributed by atoms with Crippen LogP contribution < -0.4 is 10.6 Å². The molecule has 1 rings (SSSR count). The highest BCUT2D eigenvalue weighted by molar-refractivity contribution is 7.91. The molecular weight excluding hydrogens is 333 g/mol. The molecule has 1 aromatic carbocycles. The van der Waals surface area contributed by atoms with Crippen LogP contribution in [0.4, 0.5) is 13.2 Å². The number of hydrogen-bond acceptors (Lipinski definition) is 4. The summed E-state index contributed by atoms with van der Waals surface area (Å²) < 4.78 is 59.9. The van der Waals surface area contributed by atoms with E-state index in [4.69, 9.17) is 0 Å². The van der Waals surface area contributed by atoms with Gasteiger partial charge in [0.25, 0.3) is 0 Å². The topological polar surface area (TPSA) is 75.3 Å². The van der Waals surface area contributed by atoms with Gasteiger partial charge in [0.2, 0.25) is 5.91 Å². The first kappa shape index (κ1) is 19.4. The minimum Gasteiger partial charge on any atom is -0.354 e. The lowest BCUT2D eigenvalue weighted by atomic mass is 10.1. The van der Waals surface area contributed by atoms with Crippen molar-refractivity contribution >= 4 is 15.7 Å². The van der Waals surface area contributed by atoms with Gasteiger partial charge in [-0.05, 0) is 31.7 Å². The summed E-state index contributed by atoms with van der Waals surface area (Å²) in [6.45, 7) is 2.33. The standard InChI is InChI=1S/C14H19F3N2O3S/c1-10(18-2)8-19-13(20)7-11-3-5-12(6-4-11)23(21,22)9-14(15,16)17/h3-6,10,18H,7-9H2,1-2H3,(H,19,20). The lowest BCUT2D eigenvalue weighted by Crippen LogP contribution is -2.37. The summed E-state index contributed by atoms with van der Waals surface area (Å²) in [5.74, 6) is -2.15. The van der Waals surface area contributed by atoms with Gasteiger partial charge in [-0.15, -0.1) is 0 Å². The summed E-state index contributed by atoms with van der Waals surface area (Å²) >= 11 is 0. The van der Waals surface area contributed by atoms with Gasteiger partial charge in [0.15, 0.2) is 15.6 Å². The fourth-order valence-corrected chi connectivity index (χ4v) is 2.88. The summed E-state index contributed by atoms with van der Waals surface area (Å²) in [6, 6.07) is 4.95. The quantitative estimate of drug-likeness (QED) is 0.775. The van der Waals surface area contributed by atoms with Gasteiger partial charge in [-0.3, -0.25) is 4.79 Å². The van der Waals surface area contributed by atoms with Crippen LogP contribution in [-0.4, -0.2) is 45.9 Å². The summed E-state index contributed by atoms with van der Waals surface area (Å²) in [6.07, 6.45) is -4.77.